The van der Waals surface area contributed by atoms with E-state index in [4.69, 9.17) is 9.15 Å². The van der Waals surface area contributed by atoms with Gasteiger partial charge in [-0.1, -0.05) is 0 Å². The van der Waals surface area contributed by atoms with Gasteiger partial charge in [0.1, 0.15) is 17.1 Å². The van der Waals surface area contributed by atoms with Gasteiger partial charge in [-0.2, -0.15) is 0 Å². The largest absolute Gasteiger partial charge is 0.465 e. The highest BCUT2D eigenvalue weighted by Crippen LogP contribution is 2.22. The Kier molecular flexibility index (Phi) is 5.82. The third-order valence-electron chi connectivity index (χ3n) is 4.40. The Balaban J connectivity index is 1.55. The van der Waals surface area contributed by atoms with E-state index in [9.17, 15) is 4.79 Å². The maximum atomic E-state index is 11.7. The number of piperazine rings is 1. The highest BCUT2D eigenvalue weighted by atomic mass is 32.1. The summed E-state index contributed by atoms with van der Waals surface area (Å²) in [4.78, 5) is 20.7. The highest BCUT2D eigenvalue weighted by Gasteiger charge is 2.21. The number of guanidine groups is 1. The Morgan fingerprint density at radius 3 is 2.77 bits per heavy atom. The highest BCUT2D eigenvalue weighted by molar-refractivity contribution is 7.14. The summed E-state index contributed by atoms with van der Waals surface area (Å²) in [6.07, 6.45) is 0. The van der Waals surface area contributed by atoms with Gasteiger partial charge in [-0.15, -0.1) is 11.3 Å². The molecule has 0 aromatic carbocycles. The number of methoxy groups -OCH3 is 1. The predicted octanol–water partition coefficient (Wildman–Crippen LogP) is 2.33. The number of esters is 1. The van der Waals surface area contributed by atoms with Crippen LogP contribution in [0.3, 0.4) is 0 Å². The molecular weight excluding hydrogens is 352 g/mol. The number of carbonyl (C=O) groups excluding carboxylic acids is 1. The number of furan rings is 1. The summed E-state index contributed by atoms with van der Waals surface area (Å²) < 4.78 is 10.4. The number of nitrogens with one attached hydrogen (secondary N) is 1. The Bertz CT molecular complexity index is 762. The summed E-state index contributed by atoms with van der Waals surface area (Å²) in [6, 6.07) is 5.96. The number of anilines is 1. The van der Waals surface area contributed by atoms with Crippen LogP contribution in [0.1, 0.15) is 21.9 Å². The fraction of sp³-hybridized carbons (Fsp3) is 0.444. The summed E-state index contributed by atoms with van der Waals surface area (Å²) in [5, 5.41) is 6.74. The third-order valence-corrected chi connectivity index (χ3v) is 5.33. The van der Waals surface area contributed by atoms with E-state index in [1.807, 2.05) is 0 Å². The van der Waals surface area contributed by atoms with Crippen LogP contribution in [-0.2, 0) is 11.3 Å². The number of aliphatic imine (C=N–C) groups is 1. The van der Waals surface area contributed by atoms with E-state index < -0.39 is 0 Å². The van der Waals surface area contributed by atoms with E-state index in [1.165, 1.54) is 12.1 Å². The van der Waals surface area contributed by atoms with Crippen molar-refractivity contribution in [3.05, 3.63) is 40.7 Å². The van der Waals surface area contributed by atoms with Crippen molar-refractivity contribution in [2.45, 2.75) is 13.5 Å². The van der Waals surface area contributed by atoms with Crippen molar-refractivity contribution in [2.24, 2.45) is 4.99 Å². The molecule has 2 aromatic heterocycles. The lowest BCUT2D eigenvalue weighted by Gasteiger charge is -2.36. The van der Waals surface area contributed by atoms with Gasteiger partial charge >= 0.3 is 5.97 Å². The molecule has 0 amide bonds. The molecule has 140 valence electrons. The number of carbonyl (C=O) groups is 1. The van der Waals surface area contributed by atoms with Gasteiger partial charge in [0, 0.05) is 33.2 Å². The number of rotatable bonds is 4. The molecule has 0 radical (unpaired) electrons. The molecule has 1 saturated heterocycles. The minimum atomic E-state index is -0.383. The second-order valence-corrected chi connectivity index (χ2v) is 6.93. The van der Waals surface area contributed by atoms with Crippen molar-refractivity contribution in [3.8, 4) is 0 Å². The molecule has 0 atom stereocenters. The van der Waals surface area contributed by atoms with E-state index >= 15 is 0 Å². The van der Waals surface area contributed by atoms with E-state index in [0.717, 1.165) is 32.1 Å². The zero-order chi connectivity index (χ0) is 18.5. The molecular formula is C18H24N4O3S. The molecule has 8 heteroatoms. The van der Waals surface area contributed by atoms with Crippen molar-refractivity contribution >= 4 is 28.3 Å². The van der Waals surface area contributed by atoms with E-state index in [2.05, 4.69) is 37.6 Å². The Hall–Kier alpha value is -2.48. The molecule has 1 aliphatic heterocycles. The molecule has 3 rings (SSSR count). The van der Waals surface area contributed by atoms with Gasteiger partial charge in [0.15, 0.2) is 5.96 Å². The molecule has 0 aliphatic carbocycles. The zero-order valence-corrected chi connectivity index (χ0v) is 16.1. The number of nitrogens with zero attached hydrogens (tertiary/aromatic N) is 3. The van der Waals surface area contributed by atoms with Gasteiger partial charge in [-0.3, -0.25) is 4.99 Å². The third kappa shape index (κ3) is 4.01. The normalized spacial score (nSPS) is 15.3. The van der Waals surface area contributed by atoms with Crippen LogP contribution in [0.15, 0.2) is 33.0 Å². The first kappa shape index (κ1) is 18.3. The van der Waals surface area contributed by atoms with E-state index in [1.54, 1.807) is 31.4 Å². The maximum absolute atomic E-state index is 11.7. The predicted molar refractivity (Wildman–Crippen MR) is 103 cm³/mol. The number of hydrogen-bond donors (Lipinski definition) is 1. The summed E-state index contributed by atoms with van der Waals surface area (Å²) >= 11 is 1.77. The van der Waals surface area contributed by atoms with Crippen molar-refractivity contribution in [2.75, 3.05) is 45.2 Å². The molecule has 3 heterocycles. The number of aryl methyl sites for hydroxylation is 1. The average molecular weight is 376 g/mol. The SMILES string of the molecule is CN=C(NCc1cc(C(=O)OC)c(C)o1)N1CCN(c2cccs2)CC1. The van der Waals surface area contributed by atoms with Gasteiger partial charge in [-0.25, -0.2) is 4.79 Å². The number of hydrogen-bond acceptors (Lipinski definition) is 6. The molecule has 0 bridgehead atoms. The summed E-state index contributed by atoms with van der Waals surface area (Å²) in [5.41, 5.74) is 0.462. The fourth-order valence-electron chi connectivity index (χ4n) is 3.03. The van der Waals surface area contributed by atoms with Gasteiger partial charge in [0.2, 0.25) is 0 Å². The van der Waals surface area contributed by atoms with Crippen LogP contribution in [0.4, 0.5) is 5.00 Å². The first-order chi connectivity index (χ1) is 12.6. The lowest BCUT2D eigenvalue weighted by atomic mass is 10.2. The lowest BCUT2D eigenvalue weighted by Crippen LogP contribution is -2.52. The van der Waals surface area contributed by atoms with Crippen LogP contribution in [0.25, 0.3) is 0 Å². The van der Waals surface area contributed by atoms with Crippen LogP contribution in [0, 0.1) is 6.92 Å². The average Bonchev–Trinajstić information content (AvgIpc) is 3.32. The Labute approximate surface area is 157 Å². The van der Waals surface area contributed by atoms with Gasteiger partial charge < -0.3 is 24.3 Å². The molecule has 26 heavy (non-hydrogen) atoms. The van der Waals surface area contributed by atoms with Crippen molar-refractivity contribution in [1.29, 1.82) is 0 Å². The molecule has 1 aliphatic rings. The monoisotopic (exact) mass is 376 g/mol. The molecule has 2 aromatic rings. The van der Waals surface area contributed by atoms with Crippen molar-refractivity contribution in [3.63, 3.8) is 0 Å². The number of thiophene rings is 1. The van der Waals surface area contributed by atoms with Crippen molar-refractivity contribution < 1.29 is 13.9 Å². The first-order valence-corrected chi connectivity index (χ1v) is 9.42. The van der Waals surface area contributed by atoms with Crippen LogP contribution in [-0.4, -0.2) is 57.2 Å². The fourth-order valence-corrected chi connectivity index (χ4v) is 3.82. The first-order valence-electron chi connectivity index (χ1n) is 8.54. The zero-order valence-electron chi connectivity index (χ0n) is 15.3. The molecule has 1 N–H and O–H groups in total. The quantitative estimate of drug-likeness (QED) is 0.502. The molecule has 7 nitrogen and oxygen atoms in total. The van der Waals surface area contributed by atoms with Gasteiger partial charge in [0.05, 0.1) is 18.7 Å². The second kappa shape index (κ2) is 8.27. The molecule has 0 saturated carbocycles. The summed E-state index contributed by atoms with van der Waals surface area (Å²) in [6.45, 7) is 5.97. The minimum Gasteiger partial charge on any atom is -0.465 e. The standard InChI is InChI=1S/C18H24N4O3S/c1-13-15(17(23)24-3)11-14(25-13)12-20-18(19-2)22-8-6-21(7-9-22)16-5-4-10-26-16/h4-5,10-11H,6-9,12H2,1-3H3,(H,19,20). The smallest absolute Gasteiger partial charge is 0.341 e. The van der Waals surface area contributed by atoms with E-state index in [0.29, 0.717) is 23.6 Å². The molecule has 1 fully saturated rings. The molecule has 0 unspecified atom stereocenters. The van der Waals surface area contributed by atoms with E-state index in [-0.39, 0.29) is 5.97 Å². The maximum Gasteiger partial charge on any atom is 0.341 e. The molecule has 0 spiro atoms. The minimum absolute atomic E-state index is 0.383. The second-order valence-electron chi connectivity index (χ2n) is 6.00. The van der Waals surface area contributed by atoms with Crippen LogP contribution in [0.5, 0.6) is 0 Å². The van der Waals surface area contributed by atoms with Crippen molar-refractivity contribution in [1.82, 2.24) is 10.2 Å². The topological polar surface area (TPSA) is 70.3 Å². The van der Waals surface area contributed by atoms with Gasteiger partial charge in [0.25, 0.3) is 0 Å². The summed E-state index contributed by atoms with van der Waals surface area (Å²) in [7, 11) is 3.14. The lowest BCUT2D eigenvalue weighted by molar-refractivity contribution is 0.0599. The van der Waals surface area contributed by atoms with Crippen LogP contribution < -0.4 is 10.2 Å². The number of ether oxygens (including phenoxy) is 1. The Morgan fingerprint density at radius 2 is 2.15 bits per heavy atom. The van der Waals surface area contributed by atoms with Crippen LogP contribution >= 0.6 is 11.3 Å². The summed E-state index contributed by atoms with van der Waals surface area (Å²) in [5.74, 6) is 1.70. The Morgan fingerprint density at radius 1 is 1.38 bits per heavy atom. The van der Waals surface area contributed by atoms with Crippen LogP contribution in [0.2, 0.25) is 0 Å². The van der Waals surface area contributed by atoms with Gasteiger partial charge in [-0.05, 0) is 30.5 Å².